The molecule has 1 rings (SSSR count). The Morgan fingerprint density at radius 3 is 2.58 bits per heavy atom. The van der Waals surface area contributed by atoms with Crippen LogP contribution in [0, 0.1) is 5.92 Å². The molecule has 0 aliphatic rings. The van der Waals surface area contributed by atoms with Gasteiger partial charge in [-0.05, 0) is 34.3 Å². The number of carbonyl (C=O) groups is 2. The van der Waals surface area contributed by atoms with E-state index in [4.69, 9.17) is 5.73 Å². The molecule has 1 aromatic heterocycles. The lowest BCUT2D eigenvalue weighted by atomic mass is 10.0. The number of carbonyl (C=O) groups excluding carboxylic acids is 2. The standard InChI is InChI=1S/C13H20BrN3O2/c1-4-5-17-7-9(14)6-10(17)13(19)16-11(8(2)3)12(15)18/h6-8,11H,4-5H2,1-3H3,(H2,15,18)(H,16,19). The van der Waals surface area contributed by atoms with Gasteiger partial charge < -0.3 is 15.6 Å². The minimum Gasteiger partial charge on any atom is -0.368 e. The number of hydrogen-bond acceptors (Lipinski definition) is 2. The first-order chi connectivity index (χ1) is 8.86. The molecular formula is C13H20BrN3O2. The van der Waals surface area contributed by atoms with Gasteiger partial charge in [-0.1, -0.05) is 20.8 Å². The van der Waals surface area contributed by atoms with Crippen LogP contribution in [0.5, 0.6) is 0 Å². The maximum atomic E-state index is 12.2. The van der Waals surface area contributed by atoms with Gasteiger partial charge in [-0.3, -0.25) is 9.59 Å². The van der Waals surface area contributed by atoms with E-state index in [9.17, 15) is 9.59 Å². The molecule has 0 saturated heterocycles. The van der Waals surface area contributed by atoms with E-state index in [1.165, 1.54) is 0 Å². The van der Waals surface area contributed by atoms with Crippen molar-refractivity contribution in [3.63, 3.8) is 0 Å². The zero-order valence-electron chi connectivity index (χ0n) is 11.4. The molecule has 3 N–H and O–H groups in total. The fraction of sp³-hybridized carbons (Fsp3) is 0.538. The van der Waals surface area contributed by atoms with Crippen LogP contribution in [-0.4, -0.2) is 22.4 Å². The van der Waals surface area contributed by atoms with E-state index in [-0.39, 0.29) is 11.8 Å². The highest BCUT2D eigenvalue weighted by Gasteiger charge is 2.23. The summed E-state index contributed by atoms with van der Waals surface area (Å²) in [7, 11) is 0. The van der Waals surface area contributed by atoms with Crippen LogP contribution in [0.15, 0.2) is 16.7 Å². The van der Waals surface area contributed by atoms with Crippen molar-refractivity contribution < 1.29 is 9.59 Å². The van der Waals surface area contributed by atoms with Gasteiger partial charge in [-0.25, -0.2) is 0 Å². The molecule has 19 heavy (non-hydrogen) atoms. The second kappa shape index (κ2) is 6.75. The molecule has 5 nitrogen and oxygen atoms in total. The van der Waals surface area contributed by atoms with Crippen LogP contribution in [0.4, 0.5) is 0 Å². The van der Waals surface area contributed by atoms with Gasteiger partial charge >= 0.3 is 0 Å². The van der Waals surface area contributed by atoms with E-state index in [1.807, 2.05) is 31.5 Å². The second-order valence-corrected chi connectivity index (χ2v) is 5.75. The van der Waals surface area contributed by atoms with Crippen LogP contribution >= 0.6 is 15.9 Å². The molecule has 1 unspecified atom stereocenters. The Bertz CT molecular complexity index is 468. The fourth-order valence-electron chi connectivity index (χ4n) is 1.87. The third-order valence-corrected chi connectivity index (χ3v) is 3.25. The van der Waals surface area contributed by atoms with Crippen molar-refractivity contribution >= 4 is 27.7 Å². The number of nitrogens with two attached hydrogens (primary N) is 1. The molecule has 1 aromatic rings. The summed E-state index contributed by atoms with van der Waals surface area (Å²) in [5.41, 5.74) is 5.82. The van der Waals surface area contributed by atoms with E-state index < -0.39 is 11.9 Å². The summed E-state index contributed by atoms with van der Waals surface area (Å²) in [6.07, 6.45) is 2.78. The van der Waals surface area contributed by atoms with Gasteiger partial charge in [0.25, 0.3) is 5.91 Å². The molecule has 0 aliphatic carbocycles. The Balaban J connectivity index is 2.91. The summed E-state index contributed by atoms with van der Waals surface area (Å²) >= 11 is 3.35. The van der Waals surface area contributed by atoms with Crippen molar-refractivity contribution in [2.75, 3.05) is 0 Å². The lowest BCUT2D eigenvalue weighted by Crippen LogP contribution is -2.48. The first-order valence-corrected chi connectivity index (χ1v) is 7.12. The van der Waals surface area contributed by atoms with Gasteiger partial charge in [0, 0.05) is 17.2 Å². The highest BCUT2D eigenvalue weighted by Crippen LogP contribution is 2.16. The largest absolute Gasteiger partial charge is 0.368 e. The Labute approximate surface area is 121 Å². The molecule has 6 heteroatoms. The maximum absolute atomic E-state index is 12.2. The number of aryl methyl sites for hydroxylation is 1. The van der Waals surface area contributed by atoms with Crippen molar-refractivity contribution in [3.8, 4) is 0 Å². The molecule has 0 saturated carbocycles. The molecule has 0 spiro atoms. The Morgan fingerprint density at radius 1 is 1.47 bits per heavy atom. The molecule has 1 atom stereocenters. The smallest absolute Gasteiger partial charge is 0.268 e. The Hall–Kier alpha value is -1.30. The summed E-state index contributed by atoms with van der Waals surface area (Å²) in [5, 5.41) is 2.69. The van der Waals surface area contributed by atoms with Gasteiger partial charge in [-0.2, -0.15) is 0 Å². The molecule has 1 heterocycles. The van der Waals surface area contributed by atoms with Gasteiger partial charge in [0.05, 0.1) is 0 Å². The molecule has 0 bridgehead atoms. The second-order valence-electron chi connectivity index (χ2n) is 4.83. The van der Waals surface area contributed by atoms with E-state index in [1.54, 1.807) is 6.07 Å². The van der Waals surface area contributed by atoms with Crippen LogP contribution < -0.4 is 11.1 Å². The average Bonchev–Trinajstić information content (AvgIpc) is 2.66. The summed E-state index contributed by atoms with van der Waals surface area (Å²) in [6.45, 7) is 6.47. The number of aromatic nitrogens is 1. The van der Waals surface area contributed by atoms with E-state index in [2.05, 4.69) is 21.2 Å². The number of primary amides is 1. The SMILES string of the molecule is CCCn1cc(Br)cc1C(=O)NC(C(N)=O)C(C)C. The molecule has 0 aromatic carbocycles. The van der Waals surface area contributed by atoms with Crippen LogP contribution in [-0.2, 0) is 11.3 Å². The van der Waals surface area contributed by atoms with Crippen molar-refractivity contribution in [1.82, 2.24) is 9.88 Å². The van der Waals surface area contributed by atoms with Gasteiger partial charge in [-0.15, -0.1) is 0 Å². The third-order valence-electron chi connectivity index (χ3n) is 2.82. The molecule has 2 amide bonds. The Morgan fingerprint density at radius 2 is 2.11 bits per heavy atom. The predicted molar refractivity (Wildman–Crippen MR) is 77.7 cm³/mol. The molecular weight excluding hydrogens is 310 g/mol. The number of nitrogens with one attached hydrogen (secondary N) is 1. The minimum absolute atomic E-state index is 0.0421. The molecule has 106 valence electrons. The number of amides is 2. The monoisotopic (exact) mass is 329 g/mol. The number of halogens is 1. The summed E-state index contributed by atoms with van der Waals surface area (Å²) in [6, 6.07) is 1.08. The number of nitrogens with zero attached hydrogens (tertiary/aromatic N) is 1. The van der Waals surface area contributed by atoms with Gasteiger partial charge in [0.2, 0.25) is 5.91 Å². The first-order valence-electron chi connectivity index (χ1n) is 6.32. The van der Waals surface area contributed by atoms with Crippen molar-refractivity contribution in [3.05, 3.63) is 22.4 Å². The van der Waals surface area contributed by atoms with Gasteiger partial charge in [0.1, 0.15) is 11.7 Å². The predicted octanol–water partition coefficient (Wildman–Crippen LogP) is 1.90. The average molecular weight is 330 g/mol. The first kappa shape index (κ1) is 15.8. The van der Waals surface area contributed by atoms with E-state index in [0.717, 1.165) is 17.4 Å². The number of rotatable bonds is 6. The van der Waals surface area contributed by atoms with Crippen LogP contribution in [0.1, 0.15) is 37.7 Å². The fourth-order valence-corrected chi connectivity index (χ4v) is 2.34. The number of hydrogen-bond donors (Lipinski definition) is 2. The highest BCUT2D eigenvalue weighted by atomic mass is 79.9. The van der Waals surface area contributed by atoms with Crippen molar-refractivity contribution in [2.45, 2.75) is 39.8 Å². The highest BCUT2D eigenvalue weighted by molar-refractivity contribution is 9.10. The summed E-state index contributed by atoms with van der Waals surface area (Å²) in [5.74, 6) is -0.841. The van der Waals surface area contributed by atoms with Crippen LogP contribution in [0.2, 0.25) is 0 Å². The quantitative estimate of drug-likeness (QED) is 0.836. The normalized spacial score (nSPS) is 12.5. The summed E-state index contributed by atoms with van der Waals surface area (Å²) < 4.78 is 2.70. The maximum Gasteiger partial charge on any atom is 0.268 e. The van der Waals surface area contributed by atoms with Crippen molar-refractivity contribution in [2.24, 2.45) is 11.7 Å². The lowest BCUT2D eigenvalue weighted by molar-refractivity contribution is -0.120. The van der Waals surface area contributed by atoms with Crippen molar-refractivity contribution in [1.29, 1.82) is 0 Å². The zero-order valence-corrected chi connectivity index (χ0v) is 13.0. The lowest BCUT2D eigenvalue weighted by Gasteiger charge is -2.19. The summed E-state index contributed by atoms with van der Waals surface area (Å²) in [4.78, 5) is 23.5. The van der Waals surface area contributed by atoms with E-state index in [0.29, 0.717) is 5.69 Å². The Kier molecular flexibility index (Phi) is 5.60. The third kappa shape index (κ3) is 4.09. The minimum atomic E-state index is -0.656. The van der Waals surface area contributed by atoms with Crippen LogP contribution in [0.25, 0.3) is 0 Å². The van der Waals surface area contributed by atoms with Crippen LogP contribution in [0.3, 0.4) is 0 Å². The zero-order chi connectivity index (χ0) is 14.6. The van der Waals surface area contributed by atoms with E-state index >= 15 is 0 Å². The molecule has 0 radical (unpaired) electrons. The molecule has 0 aliphatic heterocycles. The topological polar surface area (TPSA) is 77.1 Å². The molecule has 0 fully saturated rings. The van der Waals surface area contributed by atoms with Gasteiger partial charge in [0.15, 0.2) is 0 Å².